The van der Waals surface area contributed by atoms with Crippen molar-refractivity contribution in [3.63, 3.8) is 0 Å². The van der Waals surface area contributed by atoms with Crippen LogP contribution in [0.15, 0.2) is 22.6 Å². The van der Waals surface area contributed by atoms with E-state index in [4.69, 9.17) is 0 Å². The highest BCUT2D eigenvalue weighted by molar-refractivity contribution is 7.17. The van der Waals surface area contributed by atoms with E-state index >= 15 is 0 Å². The van der Waals surface area contributed by atoms with Crippen LogP contribution in [0.4, 0.5) is 0 Å². The van der Waals surface area contributed by atoms with E-state index in [-0.39, 0.29) is 18.0 Å². The lowest BCUT2D eigenvalue weighted by molar-refractivity contribution is -0.121. The Kier molecular flexibility index (Phi) is 4.25. The van der Waals surface area contributed by atoms with E-state index in [0.717, 1.165) is 16.4 Å². The molecule has 3 aromatic heterocycles. The van der Waals surface area contributed by atoms with Gasteiger partial charge in [0, 0.05) is 0 Å². The maximum absolute atomic E-state index is 12.2. The van der Waals surface area contributed by atoms with Crippen LogP contribution in [0.2, 0.25) is 0 Å². The summed E-state index contributed by atoms with van der Waals surface area (Å²) in [6.07, 6.45) is 2.23. The zero-order valence-electron chi connectivity index (χ0n) is 11.8. The first kappa shape index (κ1) is 14.8. The highest BCUT2D eigenvalue weighted by Crippen LogP contribution is 2.13. The normalized spacial score (nSPS) is 11.0. The number of aryl methyl sites for hydroxylation is 1. The van der Waals surface area contributed by atoms with Crippen LogP contribution in [0, 0.1) is 0 Å². The minimum atomic E-state index is -0.256. The number of carbonyl (C=O) groups excluding carboxylic acids is 1. The minimum Gasteiger partial charge on any atom is -0.348 e. The molecule has 0 aliphatic heterocycles. The van der Waals surface area contributed by atoms with Gasteiger partial charge >= 0.3 is 0 Å². The first-order chi connectivity index (χ1) is 10.7. The number of aromatic nitrogens is 4. The number of carbonyl (C=O) groups is 1. The largest absolute Gasteiger partial charge is 0.348 e. The summed E-state index contributed by atoms with van der Waals surface area (Å²) >= 11 is 2.80. The molecule has 7 nitrogen and oxygen atoms in total. The molecule has 0 aliphatic carbocycles. The van der Waals surface area contributed by atoms with Gasteiger partial charge < -0.3 is 5.32 Å². The second kappa shape index (κ2) is 6.32. The van der Waals surface area contributed by atoms with Gasteiger partial charge in [0.25, 0.3) is 5.56 Å². The van der Waals surface area contributed by atoms with Gasteiger partial charge in [-0.2, -0.15) is 0 Å². The molecule has 0 saturated heterocycles. The van der Waals surface area contributed by atoms with Gasteiger partial charge in [-0.05, 0) is 17.9 Å². The average molecular weight is 335 g/mol. The van der Waals surface area contributed by atoms with Gasteiger partial charge in [0.15, 0.2) is 0 Å². The third-order valence-corrected chi connectivity index (χ3v) is 4.96. The smallest absolute Gasteiger partial charge is 0.271 e. The number of hydrogen-bond donors (Lipinski definition) is 1. The van der Waals surface area contributed by atoms with E-state index in [2.05, 4.69) is 20.5 Å². The molecule has 9 heteroatoms. The monoisotopic (exact) mass is 335 g/mol. The van der Waals surface area contributed by atoms with Gasteiger partial charge in [0.2, 0.25) is 5.91 Å². The van der Waals surface area contributed by atoms with Crippen LogP contribution in [0.3, 0.4) is 0 Å². The van der Waals surface area contributed by atoms with Crippen LogP contribution >= 0.6 is 22.7 Å². The molecular formula is C13H13N5O2S2. The summed E-state index contributed by atoms with van der Waals surface area (Å²) in [5.74, 6) is -0.256. The fourth-order valence-electron chi connectivity index (χ4n) is 1.88. The van der Waals surface area contributed by atoms with Crippen LogP contribution in [0.25, 0.3) is 10.2 Å². The number of hydrogen-bond acceptors (Lipinski definition) is 7. The molecular weight excluding hydrogens is 322 g/mol. The molecule has 0 radical (unpaired) electrons. The SMILES string of the molecule is CCc1nnc(CNC(=O)Cn2cnc3ccsc3c2=O)s1. The van der Waals surface area contributed by atoms with Crippen molar-refractivity contribution in [2.45, 2.75) is 26.4 Å². The number of rotatable bonds is 5. The van der Waals surface area contributed by atoms with Gasteiger partial charge in [-0.25, -0.2) is 4.98 Å². The molecule has 0 aromatic carbocycles. The van der Waals surface area contributed by atoms with E-state index in [0.29, 0.717) is 16.8 Å². The first-order valence-corrected chi connectivity index (χ1v) is 8.37. The number of nitrogens with one attached hydrogen (secondary N) is 1. The lowest BCUT2D eigenvalue weighted by Crippen LogP contribution is -2.31. The van der Waals surface area contributed by atoms with E-state index in [1.807, 2.05) is 12.3 Å². The highest BCUT2D eigenvalue weighted by atomic mass is 32.1. The number of nitrogens with zero attached hydrogens (tertiary/aromatic N) is 4. The third kappa shape index (κ3) is 3.04. The second-order valence-corrected chi connectivity index (χ2v) is 6.60. The Morgan fingerprint density at radius 1 is 1.36 bits per heavy atom. The molecule has 3 aromatic rings. The van der Waals surface area contributed by atoms with Crippen molar-refractivity contribution in [3.8, 4) is 0 Å². The summed E-state index contributed by atoms with van der Waals surface area (Å²) in [5.41, 5.74) is 0.465. The highest BCUT2D eigenvalue weighted by Gasteiger charge is 2.10. The molecule has 0 saturated carbocycles. The van der Waals surface area contributed by atoms with Crippen LogP contribution in [-0.4, -0.2) is 25.7 Å². The Bertz CT molecular complexity index is 867. The van der Waals surface area contributed by atoms with Gasteiger partial charge in [0.05, 0.1) is 18.4 Å². The van der Waals surface area contributed by atoms with Crippen LogP contribution < -0.4 is 10.9 Å². The third-order valence-electron chi connectivity index (χ3n) is 3.00. The quantitative estimate of drug-likeness (QED) is 0.756. The van der Waals surface area contributed by atoms with Gasteiger partial charge in [0.1, 0.15) is 21.3 Å². The molecule has 1 N–H and O–H groups in total. The fourth-order valence-corrected chi connectivity index (χ4v) is 3.40. The molecule has 1 amide bonds. The maximum atomic E-state index is 12.2. The maximum Gasteiger partial charge on any atom is 0.271 e. The van der Waals surface area contributed by atoms with Crippen molar-refractivity contribution in [2.75, 3.05) is 0 Å². The van der Waals surface area contributed by atoms with Crippen molar-refractivity contribution in [2.24, 2.45) is 0 Å². The molecule has 3 rings (SSSR count). The Labute approximate surface area is 133 Å². The van der Waals surface area contributed by atoms with Crippen molar-refractivity contribution < 1.29 is 4.79 Å². The van der Waals surface area contributed by atoms with Crippen LogP contribution in [0.1, 0.15) is 16.9 Å². The molecule has 3 heterocycles. The topological polar surface area (TPSA) is 89.8 Å². The molecule has 0 unspecified atom stereocenters. The van der Waals surface area contributed by atoms with Crippen molar-refractivity contribution in [1.29, 1.82) is 0 Å². The fraction of sp³-hybridized carbons (Fsp3) is 0.308. The molecule has 0 fully saturated rings. The van der Waals surface area contributed by atoms with Gasteiger partial charge in [-0.15, -0.1) is 21.5 Å². The average Bonchev–Trinajstić information content (AvgIpc) is 3.17. The molecule has 0 spiro atoms. The Morgan fingerprint density at radius 2 is 2.18 bits per heavy atom. The molecule has 22 heavy (non-hydrogen) atoms. The second-order valence-electron chi connectivity index (χ2n) is 4.53. The minimum absolute atomic E-state index is 0.0564. The lowest BCUT2D eigenvalue weighted by atomic mass is 10.4. The van der Waals surface area contributed by atoms with Crippen molar-refractivity contribution >= 4 is 38.8 Å². The summed E-state index contributed by atoms with van der Waals surface area (Å²) in [6, 6.07) is 1.78. The summed E-state index contributed by atoms with van der Waals surface area (Å²) in [6.45, 7) is 2.27. The predicted molar refractivity (Wildman–Crippen MR) is 85.0 cm³/mol. The standard InChI is InChI=1S/C13H13N5O2S2/c1-2-10-16-17-11(22-10)5-14-9(19)6-18-7-15-8-3-4-21-12(8)13(18)20/h3-4,7H,2,5-6H2,1H3,(H,14,19). The Morgan fingerprint density at radius 3 is 2.95 bits per heavy atom. The zero-order valence-corrected chi connectivity index (χ0v) is 13.4. The molecule has 0 atom stereocenters. The first-order valence-electron chi connectivity index (χ1n) is 6.68. The Balaban J connectivity index is 1.65. The molecule has 114 valence electrons. The summed E-state index contributed by atoms with van der Waals surface area (Å²) in [7, 11) is 0. The van der Waals surface area contributed by atoms with Crippen LogP contribution in [0.5, 0.6) is 0 Å². The lowest BCUT2D eigenvalue weighted by Gasteiger charge is -2.05. The van der Waals surface area contributed by atoms with E-state index < -0.39 is 0 Å². The van der Waals surface area contributed by atoms with Gasteiger partial charge in [-0.1, -0.05) is 18.3 Å². The molecule has 0 bridgehead atoms. The molecule has 0 aliphatic rings. The zero-order chi connectivity index (χ0) is 15.5. The number of amides is 1. The van der Waals surface area contributed by atoms with Crippen molar-refractivity contribution in [1.82, 2.24) is 25.1 Å². The summed E-state index contributed by atoms with van der Waals surface area (Å²) in [5, 5.41) is 14.2. The van der Waals surface area contributed by atoms with E-state index in [1.54, 1.807) is 6.07 Å². The summed E-state index contributed by atoms with van der Waals surface area (Å²) < 4.78 is 1.87. The number of fused-ring (bicyclic) bond motifs is 1. The Hall–Kier alpha value is -2.13. The summed E-state index contributed by atoms with van der Waals surface area (Å²) in [4.78, 5) is 28.3. The predicted octanol–water partition coefficient (Wildman–Crippen LogP) is 1.19. The van der Waals surface area contributed by atoms with Gasteiger partial charge in [-0.3, -0.25) is 14.2 Å². The van der Waals surface area contributed by atoms with Crippen LogP contribution in [-0.2, 0) is 24.3 Å². The van der Waals surface area contributed by atoms with E-state index in [9.17, 15) is 9.59 Å². The van der Waals surface area contributed by atoms with Crippen molar-refractivity contribution in [3.05, 3.63) is 38.1 Å². The van der Waals surface area contributed by atoms with E-state index in [1.165, 1.54) is 33.6 Å². The number of thiophene rings is 1.